The second-order valence-corrected chi connectivity index (χ2v) is 5.66. The number of benzene rings is 2. The number of nitrogens with zero attached hydrogens (tertiary/aromatic N) is 1. The number of rotatable bonds is 3. The van der Waals surface area contributed by atoms with Gasteiger partial charge in [-0.25, -0.2) is 8.78 Å². The number of nitrogens with one attached hydrogen (secondary N) is 1. The molecule has 1 saturated heterocycles. The molecule has 2 aromatic carbocycles. The van der Waals surface area contributed by atoms with Gasteiger partial charge < -0.3 is 10.2 Å². The molecule has 0 radical (unpaired) electrons. The first-order chi connectivity index (χ1) is 11.5. The van der Waals surface area contributed by atoms with E-state index in [-0.39, 0.29) is 11.6 Å². The lowest BCUT2D eigenvalue weighted by Crippen LogP contribution is -2.35. The zero-order chi connectivity index (χ0) is 17.1. The zero-order valence-electron chi connectivity index (χ0n) is 12.9. The predicted molar refractivity (Wildman–Crippen MR) is 87.0 cm³/mol. The molecule has 1 aliphatic rings. The molecule has 0 aromatic heterocycles. The Morgan fingerprint density at radius 3 is 2.29 bits per heavy atom. The highest BCUT2D eigenvalue weighted by Gasteiger charge is 2.19. The van der Waals surface area contributed by atoms with Gasteiger partial charge in [0.15, 0.2) is 0 Å². The first-order valence-electron chi connectivity index (χ1n) is 7.71. The second-order valence-electron chi connectivity index (χ2n) is 5.66. The number of piperidine rings is 1. The number of carbonyl (C=O) groups excluding carboxylic acids is 2. The van der Waals surface area contributed by atoms with Crippen molar-refractivity contribution in [1.29, 1.82) is 0 Å². The van der Waals surface area contributed by atoms with Gasteiger partial charge in [0.2, 0.25) is 5.91 Å². The van der Waals surface area contributed by atoms with Gasteiger partial charge >= 0.3 is 0 Å². The monoisotopic (exact) mass is 330 g/mol. The molecular formula is C18H16F2N2O2. The molecule has 0 atom stereocenters. The van der Waals surface area contributed by atoms with Gasteiger partial charge in [0.1, 0.15) is 11.6 Å². The predicted octanol–water partition coefficient (Wildman–Crippen LogP) is 3.73. The number of amides is 2. The topological polar surface area (TPSA) is 49.4 Å². The molecule has 1 N–H and O–H groups in total. The largest absolute Gasteiger partial charge is 0.322 e. The van der Waals surface area contributed by atoms with Gasteiger partial charge in [0.25, 0.3) is 5.91 Å². The minimum absolute atomic E-state index is 0.0489. The fraction of sp³-hybridized carbons (Fsp3) is 0.222. The average molecular weight is 330 g/mol. The van der Waals surface area contributed by atoms with Gasteiger partial charge in [-0.1, -0.05) is 0 Å². The number of halogens is 2. The minimum atomic E-state index is -0.760. The van der Waals surface area contributed by atoms with E-state index >= 15 is 0 Å². The van der Waals surface area contributed by atoms with Gasteiger partial charge in [-0.2, -0.15) is 0 Å². The number of anilines is 2. The van der Waals surface area contributed by atoms with E-state index in [4.69, 9.17) is 0 Å². The van der Waals surface area contributed by atoms with Crippen molar-refractivity contribution in [3.8, 4) is 0 Å². The van der Waals surface area contributed by atoms with E-state index in [0.717, 1.165) is 36.7 Å². The summed E-state index contributed by atoms with van der Waals surface area (Å²) in [7, 11) is 0. The molecule has 1 fully saturated rings. The number of carbonyl (C=O) groups is 2. The van der Waals surface area contributed by atoms with Crippen LogP contribution in [0.25, 0.3) is 0 Å². The molecule has 24 heavy (non-hydrogen) atoms. The van der Waals surface area contributed by atoms with Gasteiger partial charge in [-0.3, -0.25) is 9.59 Å². The molecule has 1 aliphatic heterocycles. The lowest BCUT2D eigenvalue weighted by atomic mass is 10.1. The zero-order valence-corrected chi connectivity index (χ0v) is 12.9. The number of hydrogen-bond donors (Lipinski definition) is 1. The summed E-state index contributed by atoms with van der Waals surface area (Å²) < 4.78 is 26.3. The van der Waals surface area contributed by atoms with Crippen molar-refractivity contribution in [2.45, 2.75) is 19.3 Å². The van der Waals surface area contributed by atoms with Crippen molar-refractivity contribution in [3.05, 3.63) is 59.7 Å². The van der Waals surface area contributed by atoms with Crippen LogP contribution in [0.15, 0.2) is 42.5 Å². The van der Waals surface area contributed by atoms with Crippen molar-refractivity contribution in [2.24, 2.45) is 0 Å². The first kappa shape index (κ1) is 16.1. The molecule has 0 aliphatic carbocycles. The quantitative estimate of drug-likeness (QED) is 0.932. The fourth-order valence-electron chi connectivity index (χ4n) is 2.70. The van der Waals surface area contributed by atoms with Crippen LogP contribution in [0.3, 0.4) is 0 Å². The van der Waals surface area contributed by atoms with Crippen molar-refractivity contribution in [1.82, 2.24) is 0 Å². The van der Waals surface area contributed by atoms with Crippen LogP contribution in [0.1, 0.15) is 29.6 Å². The summed E-state index contributed by atoms with van der Waals surface area (Å²) in [6, 6.07) is 9.39. The summed E-state index contributed by atoms with van der Waals surface area (Å²) >= 11 is 0. The fourth-order valence-corrected chi connectivity index (χ4v) is 2.70. The summed E-state index contributed by atoms with van der Waals surface area (Å²) in [5.74, 6) is -1.92. The van der Waals surface area contributed by atoms with Crippen LogP contribution in [0.4, 0.5) is 20.2 Å². The highest BCUT2D eigenvalue weighted by atomic mass is 19.1. The molecule has 0 saturated carbocycles. The maximum atomic E-state index is 13.1. The standard InChI is InChI=1S/C18H16F2N2O2/c19-13-9-14(20)11-15(10-13)21-18(24)12-4-6-16(7-5-12)22-8-2-1-3-17(22)23/h4-7,9-11H,1-3,8H2,(H,21,24). The molecular weight excluding hydrogens is 314 g/mol. The van der Waals surface area contributed by atoms with Gasteiger partial charge in [0, 0.05) is 36.0 Å². The van der Waals surface area contributed by atoms with Crippen LogP contribution in [0, 0.1) is 11.6 Å². The second kappa shape index (κ2) is 6.78. The van der Waals surface area contributed by atoms with Gasteiger partial charge in [-0.05, 0) is 49.2 Å². The molecule has 4 nitrogen and oxygen atoms in total. The molecule has 3 rings (SSSR count). The Morgan fingerprint density at radius 1 is 1.00 bits per heavy atom. The van der Waals surface area contributed by atoms with Crippen molar-refractivity contribution < 1.29 is 18.4 Å². The summed E-state index contributed by atoms with van der Waals surface area (Å²) in [4.78, 5) is 25.7. The summed E-state index contributed by atoms with van der Waals surface area (Å²) in [5, 5.41) is 2.45. The molecule has 6 heteroatoms. The maximum Gasteiger partial charge on any atom is 0.255 e. The Bertz CT molecular complexity index is 755. The normalized spacial score (nSPS) is 14.6. The van der Waals surface area contributed by atoms with Crippen LogP contribution >= 0.6 is 0 Å². The Hall–Kier alpha value is -2.76. The van der Waals surface area contributed by atoms with Crippen LogP contribution in [-0.2, 0) is 4.79 Å². The molecule has 0 spiro atoms. The van der Waals surface area contributed by atoms with Crippen LogP contribution < -0.4 is 10.2 Å². The minimum Gasteiger partial charge on any atom is -0.322 e. The third kappa shape index (κ3) is 3.59. The lowest BCUT2D eigenvalue weighted by molar-refractivity contribution is -0.119. The molecule has 0 unspecified atom stereocenters. The van der Waals surface area contributed by atoms with Gasteiger partial charge in [-0.15, -0.1) is 0 Å². The van der Waals surface area contributed by atoms with E-state index in [2.05, 4.69) is 5.32 Å². The Balaban J connectivity index is 1.72. The molecule has 124 valence electrons. The Morgan fingerprint density at radius 2 is 1.67 bits per heavy atom. The van der Waals surface area contributed by atoms with Crippen molar-refractivity contribution >= 4 is 23.2 Å². The first-order valence-corrected chi connectivity index (χ1v) is 7.71. The Labute approximate surface area is 138 Å². The van der Waals surface area contributed by atoms with Crippen LogP contribution in [0.5, 0.6) is 0 Å². The van der Waals surface area contributed by atoms with E-state index < -0.39 is 17.5 Å². The van der Waals surface area contributed by atoms with E-state index in [1.807, 2.05) is 0 Å². The van der Waals surface area contributed by atoms with Crippen LogP contribution in [0.2, 0.25) is 0 Å². The Kier molecular flexibility index (Phi) is 4.55. The van der Waals surface area contributed by atoms with E-state index in [9.17, 15) is 18.4 Å². The van der Waals surface area contributed by atoms with E-state index in [1.165, 1.54) is 0 Å². The highest BCUT2D eigenvalue weighted by molar-refractivity contribution is 6.04. The third-order valence-electron chi connectivity index (χ3n) is 3.89. The highest BCUT2D eigenvalue weighted by Crippen LogP contribution is 2.22. The molecule has 2 amide bonds. The van der Waals surface area contributed by atoms with Gasteiger partial charge in [0.05, 0.1) is 0 Å². The SMILES string of the molecule is O=C(Nc1cc(F)cc(F)c1)c1ccc(N2CCCCC2=O)cc1. The van der Waals surface area contributed by atoms with Crippen molar-refractivity contribution in [3.63, 3.8) is 0 Å². The van der Waals surface area contributed by atoms with E-state index in [1.54, 1.807) is 29.2 Å². The number of hydrogen-bond acceptors (Lipinski definition) is 2. The van der Waals surface area contributed by atoms with Crippen LogP contribution in [-0.4, -0.2) is 18.4 Å². The lowest BCUT2D eigenvalue weighted by Gasteiger charge is -2.26. The maximum absolute atomic E-state index is 13.1. The summed E-state index contributed by atoms with van der Waals surface area (Å²) in [6.45, 7) is 0.674. The molecule has 1 heterocycles. The third-order valence-corrected chi connectivity index (χ3v) is 3.89. The van der Waals surface area contributed by atoms with E-state index in [0.29, 0.717) is 18.5 Å². The smallest absolute Gasteiger partial charge is 0.255 e. The molecule has 2 aromatic rings. The summed E-state index contributed by atoms with van der Waals surface area (Å²) in [5.41, 5.74) is 1.13. The summed E-state index contributed by atoms with van der Waals surface area (Å²) in [6.07, 6.45) is 2.40. The molecule has 0 bridgehead atoms. The van der Waals surface area contributed by atoms with Crippen molar-refractivity contribution in [2.75, 3.05) is 16.8 Å². The average Bonchev–Trinajstić information content (AvgIpc) is 2.54.